The number of carbonyl (C=O) groups is 1. The summed E-state index contributed by atoms with van der Waals surface area (Å²) in [6, 6.07) is 1.68. The highest BCUT2D eigenvalue weighted by Crippen LogP contribution is 2.19. The van der Waals surface area contributed by atoms with Gasteiger partial charge in [0.15, 0.2) is 0 Å². The molecular formula is C11H15NO4. The summed E-state index contributed by atoms with van der Waals surface area (Å²) in [6.07, 6.45) is 2.33. The standard InChI is InChI=1S/C11H15NO4/c1-11(3-5-15-7-11)12-6-8-2-4-16-9(8)10(13)14/h2,4,12H,3,5-7H2,1H3,(H,13,14). The zero-order valence-corrected chi connectivity index (χ0v) is 9.16. The summed E-state index contributed by atoms with van der Waals surface area (Å²) in [7, 11) is 0. The van der Waals surface area contributed by atoms with Gasteiger partial charge in [-0.3, -0.25) is 0 Å². The number of furan rings is 1. The molecule has 2 rings (SSSR count). The van der Waals surface area contributed by atoms with Gasteiger partial charge in [-0.1, -0.05) is 0 Å². The summed E-state index contributed by atoms with van der Waals surface area (Å²) < 4.78 is 10.2. The van der Waals surface area contributed by atoms with Crippen molar-refractivity contribution in [2.45, 2.75) is 25.4 Å². The van der Waals surface area contributed by atoms with E-state index in [1.165, 1.54) is 6.26 Å². The monoisotopic (exact) mass is 225 g/mol. The quantitative estimate of drug-likeness (QED) is 0.806. The van der Waals surface area contributed by atoms with Crippen LogP contribution in [-0.2, 0) is 11.3 Å². The van der Waals surface area contributed by atoms with Gasteiger partial charge in [0.2, 0.25) is 5.76 Å². The smallest absolute Gasteiger partial charge is 0.372 e. The van der Waals surface area contributed by atoms with E-state index < -0.39 is 5.97 Å². The third kappa shape index (κ3) is 2.25. The second-order valence-electron chi connectivity index (χ2n) is 4.30. The summed E-state index contributed by atoms with van der Waals surface area (Å²) in [5.74, 6) is -1.02. The van der Waals surface area contributed by atoms with Gasteiger partial charge < -0.3 is 19.6 Å². The van der Waals surface area contributed by atoms with Crippen LogP contribution in [-0.4, -0.2) is 29.8 Å². The van der Waals surface area contributed by atoms with Crippen molar-refractivity contribution in [1.82, 2.24) is 5.32 Å². The molecule has 0 bridgehead atoms. The van der Waals surface area contributed by atoms with Gasteiger partial charge in [0.25, 0.3) is 0 Å². The summed E-state index contributed by atoms with van der Waals surface area (Å²) in [5, 5.41) is 12.2. The van der Waals surface area contributed by atoms with Crippen LogP contribution >= 0.6 is 0 Å². The molecule has 0 amide bonds. The number of carboxylic acid groups (broad SMARTS) is 1. The van der Waals surface area contributed by atoms with Crippen LogP contribution in [0.25, 0.3) is 0 Å². The first-order valence-corrected chi connectivity index (χ1v) is 5.23. The molecule has 1 atom stereocenters. The van der Waals surface area contributed by atoms with Crippen LogP contribution in [0.4, 0.5) is 0 Å². The molecule has 1 saturated heterocycles. The molecule has 1 aliphatic heterocycles. The van der Waals surface area contributed by atoms with Gasteiger partial charge in [0.1, 0.15) is 0 Å². The predicted octanol–water partition coefficient (Wildman–Crippen LogP) is 1.25. The predicted molar refractivity (Wildman–Crippen MR) is 56.3 cm³/mol. The Morgan fingerprint density at radius 1 is 1.69 bits per heavy atom. The van der Waals surface area contributed by atoms with Gasteiger partial charge in [0.05, 0.1) is 12.9 Å². The van der Waals surface area contributed by atoms with Gasteiger partial charge in [0, 0.05) is 24.3 Å². The molecule has 88 valence electrons. The van der Waals surface area contributed by atoms with E-state index in [9.17, 15) is 4.79 Å². The minimum absolute atomic E-state index is 0.00927. The first-order valence-electron chi connectivity index (χ1n) is 5.23. The Morgan fingerprint density at radius 2 is 2.50 bits per heavy atom. The molecule has 0 radical (unpaired) electrons. The molecular weight excluding hydrogens is 210 g/mol. The molecule has 16 heavy (non-hydrogen) atoms. The highest BCUT2D eigenvalue weighted by Gasteiger charge is 2.29. The molecule has 1 aromatic rings. The normalized spacial score (nSPS) is 24.8. The first-order chi connectivity index (χ1) is 7.61. The zero-order chi connectivity index (χ0) is 11.6. The number of hydrogen-bond donors (Lipinski definition) is 2. The molecule has 1 fully saturated rings. The Balaban J connectivity index is 1.99. The molecule has 0 saturated carbocycles. The first kappa shape index (κ1) is 11.2. The van der Waals surface area contributed by atoms with Crippen molar-refractivity contribution in [2.24, 2.45) is 0 Å². The third-order valence-corrected chi connectivity index (χ3v) is 2.87. The van der Waals surface area contributed by atoms with Gasteiger partial charge in [-0.15, -0.1) is 0 Å². The Morgan fingerprint density at radius 3 is 3.12 bits per heavy atom. The van der Waals surface area contributed by atoms with Crippen LogP contribution in [0.2, 0.25) is 0 Å². The van der Waals surface area contributed by atoms with Crippen molar-refractivity contribution in [3.8, 4) is 0 Å². The van der Waals surface area contributed by atoms with Crippen molar-refractivity contribution in [1.29, 1.82) is 0 Å². The second-order valence-corrected chi connectivity index (χ2v) is 4.30. The summed E-state index contributed by atoms with van der Waals surface area (Å²) in [6.45, 7) is 3.96. The lowest BCUT2D eigenvalue weighted by Crippen LogP contribution is -2.42. The Labute approximate surface area is 93.4 Å². The van der Waals surface area contributed by atoms with Gasteiger partial charge >= 0.3 is 5.97 Å². The molecule has 5 nitrogen and oxygen atoms in total. The number of rotatable bonds is 4. The van der Waals surface area contributed by atoms with Crippen molar-refractivity contribution in [3.05, 3.63) is 23.7 Å². The van der Waals surface area contributed by atoms with Crippen molar-refractivity contribution < 1.29 is 19.1 Å². The minimum atomic E-state index is -1.03. The molecule has 0 spiro atoms. The third-order valence-electron chi connectivity index (χ3n) is 2.87. The summed E-state index contributed by atoms with van der Waals surface area (Å²) in [5.41, 5.74) is 0.605. The molecule has 1 aromatic heterocycles. The highest BCUT2D eigenvalue weighted by atomic mass is 16.5. The van der Waals surface area contributed by atoms with Crippen LogP contribution in [0.3, 0.4) is 0 Å². The number of hydrogen-bond acceptors (Lipinski definition) is 4. The molecule has 5 heteroatoms. The van der Waals surface area contributed by atoms with Gasteiger partial charge in [-0.2, -0.15) is 0 Å². The lowest BCUT2D eigenvalue weighted by Gasteiger charge is -2.23. The molecule has 2 heterocycles. The van der Waals surface area contributed by atoms with Crippen LogP contribution in [0, 0.1) is 0 Å². The second kappa shape index (κ2) is 4.27. The number of aromatic carboxylic acids is 1. The summed E-state index contributed by atoms with van der Waals surface area (Å²) in [4.78, 5) is 10.8. The maximum absolute atomic E-state index is 10.8. The zero-order valence-electron chi connectivity index (χ0n) is 9.16. The Hall–Kier alpha value is -1.33. The van der Waals surface area contributed by atoms with Crippen LogP contribution in [0.1, 0.15) is 29.5 Å². The fraction of sp³-hybridized carbons (Fsp3) is 0.545. The Kier molecular flexibility index (Phi) is 2.98. The van der Waals surface area contributed by atoms with E-state index in [0.717, 1.165) is 13.0 Å². The number of ether oxygens (including phenoxy) is 1. The lowest BCUT2D eigenvalue weighted by molar-refractivity contribution is 0.0660. The van der Waals surface area contributed by atoms with E-state index in [1.54, 1.807) is 6.07 Å². The minimum Gasteiger partial charge on any atom is -0.475 e. The average molecular weight is 225 g/mol. The SMILES string of the molecule is CC1(NCc2ccoc2C(=O)O)CCOC1. The van der Waals surface area contributed by atoms with Gasteiger partial charge in [-0.05, 0) is 19.4 Å². The fourth-order valence-electron chi connectivity index (χ4n) is 1.78. The maximum Gasteiger partial charge on any atom is 0.372 e. The van der Waals surface area contributed by atoms with Crippen LogP contribution in [0.15, 0.2) is 16.7 Å². The van der Waals surface area contributed by atoms with Crippen LogP contribution < -0.4 is 5.32 Å². The van der Waals surface area contributed by atoms with E-state index >= 15 is 0 Å². The lowest BCUT2D eigenvalue weighted by atomic mass is 10.0. The van der Waals surface area contributed by atoms with E-state index in [4.69, 9.17) is 14.3 Å². The van der Waals surface area contributed by atoms with E-state index in [2.05, 4.69) is 12.2 Å². The maximum atomic E-state index is 10.8. The van der Waals surface area contributed by atoms with Crippen molar-refractivity contribution in [3.63, 3.8) is 0 Å². The van der Waals surface area contributed by atoms with E-state index in [-0.39, 0.29) is 11.3 Å². The summed E-state index contributed by atoms with van der Waals surface area (Å²) >= 11 is 0. The molecule has 0 aliphatic carbocycles. The molecule has 2 N–H and O–H groups in total. The molecule has 1 unspecified atom stereocenters. The largest absolute Gasteiger partial charge is 0.475 e. The Bertz CT molecular complexity index is 379. The number of nitrogens with one attached hydrogen (secondary N) is 1. The van der Waals surface area contributed by atoms with Gasteiger partial charge in [-0.25, -0.2) is 4.79 Å². The topological polar surface area (TPSA) is 71.7 Å². The van der Waals surface area contributed by atoms with E-state index in [0.29, 0.717) is 18.7 Å². The highest BCUT2D eigenvalue weighted by molar-refractivity contribution is 5.86. The van der Waals surface area contributed by atoms with Crippen molar-refractivity contribution >= 4 is 5.97 Å². The van der Waals surface area contributed by atoms with Crippen molar-refractivity contribution in [2.75, 3.05) is 13.2 Å². The number of carboxylic acids is 1. The molecule has 0 aromatic carbocycles. The van der Waals surface area contributed by atoms with E-state index in [1.807, 2.05) is 0 Å². The van der Waals surface area contributed by atoms with Crippen LogP contribution in [0.5, 0.6) is 0 Å². The average Bonchev–Trinajstić information content (AvgIpc) is 2.83. The molecule has 1 aliphatic rings. The fourth-order valence-corrected chi connectivity index (χ4v) is 1.78.